The number of hydrogen-bond acceptors (Lipinski definition) is 6. The Morgan fingerprint density at radius 1 is 1.30 bits per heavy atom. The van der Waals surface area contributed by atoms with Gasteiger partial charge in [-0.25, -0.2) is 4.98 Å². The first kappa shape index (κ1) is 12.7. The number of nitrogens with zero attached hydrogens (tertiary/aromatic N) is 5. The number of para-hydroxylation sites is 2. The highest BCUT2D eigenvalue weighted by atomic mass is 16.5. The molecule has 0 saturated carbocycles. The lowest BCUT2D eigenvalue weighted by molar-refractivity contribution is 0.147. The second-order valence-corrected chi connectivity index (χ2v) is 4.34. The molecule has 20 heavy (non-hydrogen) atoms. The summed E-state index contributed by atoms with van der Waals surface area (Å²) in [6.07, 6.45) is 0.913. The molecule has 0 aliphatic rings. The van der Waals surface area contributed by atoms with Crippen molar-refractivity contribution < 1.29 is 4.74 Å². The van der Waals surface area contributed by atoms with Crippen LogP contribution in [0.2, 0.25) is 0 Å². The van der Waals surface area contributed by atoms with Crippen LogP contribution in [0.4, 0.5) is 5.82 Å². The van der Waals surface area contributed by atoms with Crippen molar-refractivity contribution in [3.8, 4) is 0 Å². The summed E-state index contributed by atoms with van der Waals surface area (Å²) in [5.74, 6) is 0.699. The Hall–Kier alpha value is -2.28. The van der Waals surface area contributed by atoms with E-state index in [-0.39, 0.29) is 0 Å². The van der Waals surface area contributed by atoms with Crippen molar-refractivity contribution in [2.24, 2.45) is 0 Å². The maximum absolute atomic E-state index is 5.31. The molecular weight excluding hydrogens is 256 g/mol. The third kappa shape index (κ3) is 2.39. The van der Waals surface area contributed by atoms with E-state index in [2.05, 4.69) is 25.8 Å². The summed E-state index contributed by atoms with van der Waals surface area (Å²) >= 11 is 0. The number of nitrogens with one attached hydrogen (secondary N) is 1. The fourth-order valence-electron chi connectivity index (χ4n) is 2.05. The van der Waals surface area contributed by atoms with Crippen molar-refractivity contribution in [1.29, 1.82) is 0 Å². The van der Waals surface area contributed by atoms with E-state index in [4.69, 9.17) is 4.74 Å². The second kappa shape index (κ2) is 5.79. The van der Waals surface area contributed by atoms with Gasteiger partial charge < -0.3 is 10.1 Å². The molecule has 104 valence electrons. The number of ether oxygens (including phenoxy) is 1. The van der Waals surface area contributed by atoms with Crippen LogP contribution in [0.15, 0.2) is 24.3 Å². The highest BCUT2D eigenvalue weighted by Crippen LogP contribution is 2.18. The molecule has 2 heterocycles. The topological polar surface area (TPSA) is 77.2 Å². The third-order valence-corrected chi connectivity index (χ3v) is 2.99. The smallest absolute Gasteiger partial charge is 0.222 e. The van der Waals surface area contributed by atoms with Crippen LogP contribution in [-0.4, -0.2) is 44.8 Å². The summed E-state index contributed by atoms with van der Waals surface area (Å²) in [6, 6.07) is 7.79. The van der Waals surface area contributed by atoms with E-state index in [1.54, 1.807) is 4.52 Å². The average Bonchev–Trinajstić information content (AvgIpc) is 2.97. The Morgan fingerprint density at radius 3 is 3.10 bits per heavy atom. The normalized spacial score (nSPS) is 11.2. The molecule has 1 N–H and O–H groups in total. The molecule has 7 nitrogen and oxygen atoms in total. The molecule has 0 bridgehead atoms. The molecule has 0 fully saturated rings. The minimum atomic E-state index is 0.639. The minimum absolute atomic E-state index is 0.639. The zero-order chi connectivity index (χ0) is 13.8. The Bertz CT molecular complexity index is 710. The van der Waals surface area contributed by atoms with E-state index in [1.807, 2.05) is 31.2 Å². The van der Waals surface area contributed by atoms with Crippen LogP contribution in [0.1, 0.15) is 13.3 Å². The molecule has 0 amide bonds. The molecule has 0 spiro atoms. The van der Waals surface area contributed by atoms with Crippen LogP contribution < -0.4 is 5.32 Å². The second-order valence-electron chi connectivity index (χ2n) is 4.34. The van der Waals surface area contributed by atoms with Crippen molar-refractivity contribution in [2.75, 3.05) is 25.1 Å². The number of rotatable bonds is 6. The third-order valence-electron chi connectivity index (χ3n) is 2.99. The molecule has 3 rings (SSSR count). The zero-order valence-electron chi connectivity index (χ0n) is 11.3. The highest BCUT2D eigenvalue weighted by Gasteiger charge is 2.10. The van der Waals surface area contributed by atoms with E-state index < -0.39 is 0 Å². The SMILES string of the molecule is CCOCCCNc1nc2ccccc2n2nnnc12. The number of benzene rings is 1. The first-order valence-electron chi connectivity index (χ1n) is 6.68. The van der Waals surface area contributed by atoms with E-state index in [0.717, 1.165) is 37.2 Å². The maximum Gasteiger partial charge on any atom is 0.222 e. The van der Waals surface area contributed by atoms with Crippen LogP contribution in [0.3, 0.4) is 0 Å². The first-order chi connectivity index (χ1) is 9.90. The van der Waals surface area contributed by atoms with Crippen LogP contribution in [-0.2, 0) is 4.74 Å². The lowest BCUT2D eigenvalue weighted by atomic mass is 10.3. The summed E-state index contributed by atoms with van der Waals surface area (Å²) in [7, 11) is 0. The van der Waals surface area contributed by atoms with Gasteiger partial charge in [0.1, 0.15) is 0 Å². The molecular formula is C13H16N6O. The van der Waals surface area contributed by atoms with Gasteiger partial charge in [-0.05, 0) is 35.9 Å². The lowest BCUT2D eigenvalue weighted by Crippen LogP contribution is -2.09. The van der Waals surface area contributed by atoms with E-state index in [1.165, 1.54) is 0 Å². The fraction of sp³-hybridized carbons (Fsp3) is 0.385. The zero-order valence-corrected chi connectivity index (χ0v) is 11.3. The van der Waals surface area contributed by atoms with Crippen LogP contribution in [0.25, 0.3) is 16.7 Å². The largest absolute Gasteiger partial charge is 0.382 e. The van der Waals surface area contributed by atoms with Gasteiger partial charge in [0.15, 0.2) is 5.82 Å². The van der Waals surface area contributed by atoms with Crippen LogP contribution in [0, 0.1) is 0 Å². The summed E-state index contributed by atoms with van der Waals surface area (Å²) in [4.78, 5) is 4.58. The van der Waals surface area contributed by atoms with Crippen LogP contribution >= 0.6 is 0 Å². The van der Waals surface area contributed by atoms with Crippen molar-refractivity contribution in [3.63, 3.8) is 0 Å². The standard InChI is InChI=1S/C13H16N6O/c1-2-20-9-5-8-14-12-13-16-17-18-19(13)11-7-4-3-6-10(11)15-12/h3-4,6-7H,2,5,8-9H2,1H3,(H,14,15). The molecule has 7 heteroatoms. The van der Waals surface area contributed by atoms with Gasteiger partial charge in [0, 0.05) is 19.8 Å². The van der Waals surface area contributed by atoms with E-state index >= 15 is 0 Å². The maximum atomic E-state index is 5.31. The summed E-state index contributed by atoms with van der Waals surface area (Å²) < 4.78 is 7.01. The molecule has 0 saturated heterocycles. The molecule has 0 aliphatic carbocycles. The molecule has 3 aromatic rings. The summed E-state index contributed by atoms with van der Waals surface area (Å²) in [6.45, 7) is 4.24. The van der Waals surface area contributed by atoms with Crippen molar-refractivity contribution in [2.45, 2.75) is 13.3 Å². The van der Waals surface area contributed by atoms with E-state index in [9.17, 15) is 0 Å². The fourth-order valence-corrected chi connectivity index (χ4v) is 2.05. The molecule has 2 aromatic heterocycles. The quantitative estimate of drug-likeness (QED) is 0.685. The minimum Gasteiger partial charge on any atom is -0.382 e. The number of fused-ring (bicyclic) bond motifs is 3. The van der Waals surface area contributed by atoms with E-state index in [0.29, 0.717) is 11.5 Å². The summed E-state index contributed by atoms with van der Waals surface area (Å²) in [5.41, 5.74) is 2.40. The van der Waals surface area contributed by atoms with Gasteiger partial charge in [-0.1, -0.05) is 12.1 Å². The molecule has 1 aromatic carbocycles. The predicted octanol–water partition coefficient (Wildman–Crippen LogP) is 1.51. The van der Waals surface area contributed by atoms with Gasteiger partial charge in [0.25, 0.3) is 0 Å². The van der Waals surface area contributed by atoms with Gasteiger partial charge in [-0.3, -0.25) is 0 Å². The molecule has 0 radical (unpaired) electrons. The Kier molecular flexibility index (Phi) is 3.69. The number of tetrazole rings is 1. The molecule has 0 unspecified atom stereocenters. The monoisotopic (exact) mass is 272 g/mol. The average molecular weight is 272 g/mol. The van der Waals surface area contributed by atoms with Crippen molar-refractivity contribution in [1.82, 2.24) is 25.0 Å². The van der Waals surface area contributed by atoms with Gasteiger partial charge in [-0.2, -0.15) is 4.52 Å². The van der Waals surface area contributed by atoms with Gasteiger partial charge in [-0.15, -0.1) is 5.10 Å². The van der Waals surface area contributed by atoms with Crippen molar-refractivity contribution in [3.05, 3.63) is 24.3 Å². The Morgan fingerprint density at radius 2 is 2.20 bits per heavy atom. The van der Waals surface area contributed by atoms with Crippen molar-refractivity contribution >= 4 is 22.5 Å². The lowest BCUT2D eigenvalue weighted by Gasteiger charge is -2.08. The van der Waals surface area contributed by atoms with Gasteiger partial charge in [0.05, 0.1) is 11.0 Å². The number of aromatic nitrogens is 5. The van der Waals surface area contributed by atoms with Gasteiger partial charge >= 0.3 is 0 Å². The Labute approximate surface area is 116 Å². The summed E-state index contributed by atoms with van der Waals surface area (Å²) in [5, 5.41) is 15.0. The highest BCUT2D eigenvalue weighted by molar-refractivity contribution is 5.81. The predicted molar refractivity (Wildman–Crippen MR) is 75.7 cm³/mol. The molecule has 0 aliphatic heterocycles. The Balaban J connectivity index is 1.87. The first-order valence-corrected chi connectivity index (χ1v) is 6.68. The van der Waals surface area contributed by atoms with Crippen LogP contribution in [0.5, 0.6) is 0 Å². The number of hydrogen-bond donors (Lipinski definition) is 1. The number of anilines is 1. The molecule has 0 atom stereocenters. The van der Waals surface area contributed by atoms with Gasteiger partial charge in [0.2, 0.25) is 5.65 Å².